The van der Waals surface area contributed by atoms with Crippen LogP contribution in [0, 0.1) is 18.6 Å². The number of aliphatic hydroxyl groups is 1. The van der Waals surface area contributed by atoms with Crippen molar-refractivity contribution in [2.45, 2.75) is 50.8 Å². The van der Waals surface area contributed by atoms with E-state index in [0.717, 1.165) is 12.8 Å². The van der Waals surface area contributed by atoms with Crippen molar-refractivity contribution in [2.24, 2.45) is 0 Å². The predicted molar refractivity (Wildman–Crippen MR) is 68.8 cm³/mol. The normalized spacial score (nSPS) is 31.9. The number of rotatable bonds is 2. The SMILES string of the molecule is Cc1ccc(F)c(C2(O)CC(C)N(C3CC3)C2)c1F. The van der Waals surface area contributed by atoms with Crippen LogP contribution in [0.4, 0.5) is 8.78 Å². The highest BCUT2D eigenvalue weighted by molar-refractivity contribution is 5.33. The molecule has 1 aromatic rings. The Bertz CT molecular complexity index is 515. The van der Waals surface area contributed by atoms with Crippen molar-refractivity contribution in [2.75, 3.05) is 6.54 Å². The molecule has 1 heterocycles. The molecule has 1 saturated heterocycles. The van der Waals surface area contributed by atoms with E-state index in [4.69, 9.17) is 0 Å². The van der Waals surface area contributed by atoms with Gasteiger partial charge in [-0.25, -0.2) is 8.78 Å². The molecule has 1 aliphatic carbocycles. The number of hydrogen-bond donors (Lipinski definition) is 1. The van der Waals surface area contributed by atoms with Crippen LogP contribution in [-0.4, -0.2) is 28.6 Å². The van der Waals surface area contributed by atoms with Gasteiger partial charge in [-0.05, 0) is 44.7 Å². The van der Waals surface area contributed by atoms with Crippen molar-refractivity contribution < 1.29 is 13.9 Å². The third-order valence-electron chi connectivity index (χ3n) is 4.41. The second-order valence-corrected chi connectivity index (χ2v) is 6.04. The van der Waals surface area contributed by atoms with Crippen molar-refractivity contribution in [3.05, 3.63) is 34.9 Å². The molecule has 1 aliphatic heterocycles. The first-order valence-corrected chi connectivity index (χ1v) is 6.85. The molecule has 0 spiro atoms. The molecule has 2 aliphatic rings. The molecule has 4 heteroatoms. The molecule has 1 aromatic carbocycles. The number of halogens is 2. The maximum atomic E-state index is 14.2. The van der Waals surface area contributed by atoms with E-state index in [0.29, 0.717) is 24.6 Å². The molecule has 19 heavy (non-hydrogen) atoms. The molecule has 1 N–H and O–H groups in total. The Morgan fingerprint density at radius 1 is 1.32 bits per heavy atom. The summed E-state index contributed by atoms with van der Waals surface area (Å²) in [4.78, 5) is 2.18. The van der Waals surface area contributed by atoms with Gasteiger partial charge in [-0.1, -0.05) is 6.07 Å². The number of likely N-dealkylation sites (tertiary alicyclic amines) is 1. The lowest BCUT2D eigenvalue weighted by Crippen LogP contribution is -2.34. The fourth-order valence-corrected chi connectivity index (χ4v) is 3.29. The highest BCUT2D eigenvalue weighted by atomic mass is 19.1. The van der Waals surface area contributed by atoms with Crippen molar-refractivity contribution in [1.82, 2.24) is 4.90 Å². The van der Waals surface area contributed by atoms with E-state index in [9.17, 15) is 13.9 Å². The molecule has 2 unspecified atom stereocenters. The molecule has 0 amide bonds. The van der Waals surface area contributed by atoms with Gasteiger partial charge in [0.15, 0.2) is 0 Å². The van der Waals surface area contributed by atoms with Crippen molar-refractivity contribution in [3.63, 3.8) is 0 Å². The lowest BCUT2D eigenvalue weighted by Gasteiger charge is -2.25. The minimum Gasteiger partial charge on any atom is -0.384 e. The third kappa shape index (κ3) is 2.07. The molecule has 2 atom stereocenters. The molecule has 0 aromatic heterocycles. The van der Waals surface area contributed by atoms with Crippen molar-refractivity contribution in [3.8, 4) is 0 Å². The summed E-state index contributed by atoms with van der Waals surface area (Å²) < 4.78 is 28.2. The summed E-state index contributed by atoms with van der Waals surface area (Å²) in [5.74, 6) is -1.25. The van der Waals surface area contributed by atoms with Crippen LogP contribution in [0.2, 0.25) is 0 Å². The van der Waals surface area contributed by atoms with Gasteiger partial charge in [-0.2, -0.15) is 0 Å². The second kappa shape index (κ2) is 4.25. The smallest absolute Gasteiger partial charge is 0.135 e. The zero-order chi connectivity index (χ0) is 13.8. The number of β-amino-alcohol motifs (C(OH)–C–C–N with tert-alkyl or cyclic N) is 1. The second-order valence-electron chi connectivity index (χ2n) is 6.04. The standard InChI is InChI=1S/C15H19F2NO/c1-9-3-6-12(16)13(14(9)17)15(19)7-10(2)18(8-15)11-4-5-11/h3,6,10-11,19H,4-5,7-8H2,1-2H3. The highest BCUT2D eigenvalue weighted by Gasteiger charge is 2.49. The Morgan fingerprint density at radius 3 is 2.63 bits per heavy atom. The maximum Gasteiger partial charge on any atom is 0.135 e. The summed E-state index contributed by atoms with van der Waals surface area (Å²) in [5.41, 5.74) is -1.17. The van der Waals surface area contributed by atoms with E-state index in [2.05, 4.69) is 4.90 Å². The zero-order valence-corrected chi connectivity index (χ0v) is 11.3. The van der Waals surface area contributed by atoms with Crippen molar-refractivity contribution in [1.29, 1.82) is 0 Å². The molecular weight excluding hydrogens is 248 g/mol. The van der Waals surface area contributed by atoms with Gasteiger partial charge in [0.05, 0.1) is 5.56 Å². The Labute approximate surface area is 112 Å². The lowest BCUT2D eigenvalue weighted by molar-refractivity contribution is 0.0377. The topological polar surface area (TPSA) is 23.5 Å². The fourth-order valence-electron chi connectivity index (χ4n) is 3.29. The van der Waals surface area contributed by atoms with Crippen LogP contribution in [0.15, 0.2) is 12.1 Å². The number of aryl methyl sites for hydroxylation is 1. The first kappa shape index (κ1) is 13.0. The van der Waals surface area contributed by atoms with Gasteiger partial charge in [-0.15, -0.1) is 0 Å². The average molecular weight is 267 g/mol. The van der Waals surface area contributed by atoms with E-state index < -0.39 is 17.2 Å². The first-order valence-electron chi connectivity index (χ1n) is 6.85. The Balaban J connectivity index is 1.99. The van der Waals surface area contributed by atoms with Gasteiger partial charge in [0, 0.05) is 18.6 Å². The van der Waals surface area contributed by atoms with Crippen LogP contribution in [-0.2, 0) is 5.60 Å². The maximum absolute atomic E-state index is 14.2. The highest BCUT2D eigenvalue weighted by Crippen LogP contribution is 2.43. The van der Waals surface area contributed by atoms with Crippen LogP contribution in [0.5, 0.6) is 0 Å². The Morgan fingerprint density at radius 2 is 2.00 bits per heavy atom. The fraction of sp³-hybridized carbons (Fsp3) is 0.600. The average Bonchev–Trinajstić information content (AvgIpc) is 3.11. The minimum atomic E-state index is -1.40. The van der Waals surface area contributed by atoms with Gasteiger partial charge < -0.3 is 5.11 Å². The predicted octanol–water partition coefficient (Wildman–Crippen LogP) is 2.72. The molecule has 3 rings (SSSR count). The summed E-state index contributed by atoms with van der Waals surface area (Å²) in [5, 5.41) is 10.7. The molecule has 2 fully saturated rings. The quantitative estimate of drug-likeness (QED) is 0.890. The molecule has 0 radical (unpaired) electrons. The lowest BCUT2D eigenvalue weighted by atomic mass is 9.89. The molecule has 0 bridgehead atoms. The summed E-state index contributed by atoms with van der Waals surface area (Å²) >= 11 is 0. The molecule has 104 valence electrons. The zero-order valence-electron chi connectivity index (χ0n) is 11.3. The molecule has 1 saturated carbocycles. The van der Waals surface area contributed by atoms with Crippen LogP contribution < -0.4 is 0 Å². The van der Waals surface area contributed by atoms with E-state index >= 15 is 0 Å². The summed E-state index contributed by atoms with van der Waals surface area (Å²) in [7, 11) is 0. The van der Waals surface area contributed by atoms with Crippen LogP contribution in [0.1, 0.15) is 37.3 Å². The van der Waals surface area contributed by atoms with Gasteiger partial charge >= 0.3 is 0 Å². The number of benzene rings is 1. The summed E-state index contributed by atoms with van der Waals surface area (Å²) in [6.07, 6.45) is 2.64. The van der Waals surface area contributed by atoms with E-state index in [1.807, 2.05) is 6.92 Å². The monoisotopic (exact) mass is 267 g/mol. The van der Waals surface area contributed by atoms with Gasteiger partial charge in [0.25, 0.3) is 0 Å². The first-order chi connectivity index (χ1) is 8.92. The Kier molecular flexibility index (Phi) is 2.91. The van der Waals surface area contributed by atoms with E-state index in [-0.39, 0.29) is 11.6 Å². The van der Waals surface area contributed by atoms with Crippen LogP contribution in [0.3, 0.4) is 0 Å². The Hall–Kier alpha value is -1.00. The van der Waals surface area contributed by atoms with Crippen LogP contribution in [0.25, 0.3) is 0 Å². The number of hydrogen-bond acceptors (Lipinski definition) is 2. The third-order valence-corrected chi connectivity index (χ3v) is 4.41. The van der Waals surface area contributed by atoms with Crippen LogP contribution >= 0.6 is 0 Å². The minimum absolute atomic E-state index is 0.150. The summed E-state index contributed by atoms with van der Waals surface area (Å²) in [6, 6.07) is 3.31. The molecular formula is C15H19F2NO. The number of nitrogens with zero attached hydrogens (tertiary/aromatic N) is 1. The van der Waals surface area contributed by atoms with Gasteiger partial charge in [0.1, 0.15) is 17.2 Å². The van der Waals surface area contributed by atoms with Gasteiger partial charge in [0.2, 0.25) is 0 Å². The van der Waals surface area contributed by atoms with Crippen molar-refractivity contribution >= 4 is 0 Å². The largest absolute Gasteiger partial charge is 0.384 e. The van der Waals surface area contributed by atoms with Gasteiger partial charge in [-0.3, -0.25) is 4.90 Å². The van der Waals surface area contributed by atoms with E-state index in [1.54, 1.807) is 6.92 Å². The summed E-state index contributed by atoms with van der Waals surface area (Å²) in [6.45, 7) is 3.94. The van der Waals surface area contributed by atoms with E-state index in [1.165, 1.54) is 12.1 Å². The molecule has 2 nitrogen and oxygen atoms in total.